The Bertz CT molecular complexity index is 743. The highest BCUT2D eigenvalue weighted by atomic mass is 35.5. The predicted octanol–water partition coefficient (Wildman–Crippen LogP) is 3.12. The highest BCUT2D eigenvalue weighted by Gasteiger charge is 2.12. The number of carbonyl (C=O) groups is 1. The Hall–Kier alpha value is -1.63. The first-order valence-electron chi connectivity index (χ1n) is 8.13. The van der Waals surface area contributed by atoms with Crippen LogP contribution in [-0.2, 0) is 9.53 Å². The lowest BCUT2D eigenvalue weighted by atomic mass is 9.81. The third kappa shape index (κ3) is 6.27. The summed E-state index contributed by atoms with van der Waals surface area (Å²) >= 11 is 11.4. The molecule has 2 aromatic carbocycles. The lowest BCUT2D eigenvalue weighted by Crippen LogP contribution is -2.29. The van der Waals surface area contributed by atoms with E-state index in [9.17, 15) is 4.79 Å². The first kappa shape index (κ1) is 20.7. The summed E-state index contributed by atoms with van der Waals surface area (Å²) in [5.41, 5.74) is 3.45. The van der Waals surface area contributed by atoms with Crippen LogP contribution in [0.3, 0.4) is 0 Å². The van der Waals surface area contributed by atoms with Crippen molar-refractivity contribution in [3.8, 4) is 0 Å². The van der Waals surface area contributed by atoms with E-state index in [1.165, 1.54) is 0 Å². The molecule has 1 aliphatic rings. The van der Waals surface area contributed by atoms with Gasteiger partial charge in [0.05, 0.1) is 13.2 Å². The topological polar surface area (TPSA) is 66.8 Å². The van der Waals surface area contributed by atoms with E-state index in [4.69, 9.17) is 38.0 Å². The van der Waals surface area contributed by atoms with Crippen LogP contribution in [0.4, 0.5) is 0 Å². The zero-order chi connectivity index (χ0) is 18.9. The van der Waals surface area contributed by atoms with E-state index in [2.05, 4.69) is 0 Å². The van der Waals surface area contributed by atoms with E-state index in [0.29, 0.717) is 35.1 Å². The molecule has 1 aliphatic heterocycles. The Morgan fingerprint density at radius 2 is 1.42 bits per heavy atom. The van der Waals surface area contributed by atoms with Crippen molar-refractivity contribution >= 4 is 47.6 Å². The van der Waals surface area contributed by atoms with Crippen molar-refractivity contribution < 1.29 is 19.6 Å². The van der Waals surface area contributed by atoms with Gasteiger partial charge in [0.1, 0.15) is 6.29 Å². The van der Waals surface area contributed by atoms with Gasteiger partial charge < -0.3 is 14.8 Å². The van der Waals surface area contributed by atoms with Crippen LogP contribution in [0.2, 0.25) is 10.0 Å². The largest absolute Gasteiger partial charge is 0.488 e. The van der Waals surface area contributed by atoms with Crippen LogP contribution in [0.1, 0.15) is 18.4 Å². The number of hydrogen-bond donors (Lipinski definition) is 2. The summed E-state index contributed by atoms with van der Waals surface area (Å²) in [7, 11) is -1.41. The van der Waals surface area contributed by atoms with Crippen molar-refractivity contribution in [1.29, 1.82) is 0 Å². The van der Waals surface area contributed by atoms with Crippen LogP contribution >= 0.6 is 23.2 Å². The number of rotatable bonds is 3. The summed E-state index contributed by atoms with van der Waals surface area (Å²) in [5.74, 6) is 0. The predicted molar refractivity (Wildman–Crippen MR) is 106 cm³/mol. The molecule has 0 aliphatic carbocycles. The van der Waals surface area contributed by atoms with Gasteiger partial charge in [-0.1, -0.05) is 47.5 Å². The SMILES string of the molecule is O=CC1=C(c2ccc(Cl)cc2)CCOCC1.OB(O)c1ccc(Cl)cc1. The Morgan fingerprint density at radius 1 is 0.885 bits per heavy atom. The molecule has 0 saturated carbocycles. The highest BCUT2D eigenvalue weighted by Crippen LogP contribution is 2.26. The summed E-state index contributed by atoms with van der Waals surface area (Å²) < 4.78 is 5.38. The normalized spacial score (nSPS) is 14.2. The molecular formula is C19H19BCl2O4. The molecule has 1 heterocycles. The Kier molecular flexibility index (Phi) is 8.36. The molecule has 0 aromatic heterocycles. The summed E-state index contributed by atoms with van der Waals surface area (Å²) in [4.78, 5) is 11.0. The van der Waals surface area contributed by atoms with E-state index in [0.717, 1.165) is 29.4 Å². The van der Waals surface area contributed by atoms with Crippen molar-refractivity contribution in [1.82, 2.24) is 0 Å². The van der Waals surface area contributed by atoms with E-state index >= 15 is 0 Å². The van der Waals surface area contributed by atoms with Crippen molar-refractivity contribution in [2.45, 2.75) is 12.8 Å². The van der Waals surface area contributed by atoms with E-state index < -0.39 is 7.12 Å². The molecule has 0 atom stereocenters. The molecule has 0 spiro atoms. The average molecular weight is 393 g/mol. The summed E-state index contributed by atoms with van der Waals surface area (Å²) in [6.07, 6.45) is 2.43. The minimum atomic E-state index is -1.41. The van der Waals surface area contributed by atoms with Gasteiger partial charge in [0.25, 0.3) is 0 Å². The number of halogens is 2. The molecule has 3 rings (SSSR count). The zero-order valence-corrected chi connectivity index (χ0v) is 15.6. The minimum absolute atomic E-state index is 0.449. The summed E-state index contributed by atoms with van der Waals surface area (Å²) in [6, 6.07) is 13.9. The Morgan fingerprint density at radius 3 is 1.96 bits per heavy atom. The van der Waals surface area contributed by atoms with Crippen LogP contribution in [0.5, 0.6) is 0 Å². The van der Waals surface area contributed by atoms with Gasteiger partial charge in [0.15, 0.2) is 0 Å². The standard InChI is InChI=1S/C13H13ClO2.C6H6BClO2/c14-12-3-1-10(2-4-12)13-6-8-16-7-5-11(13)9-15;8-6-3-1-5(2-4-6)7(9)10/h1-4,9H,5-8H2;1-4,9-10H. The van der Waals surface area contributed by atoms with E-state index in [-0.39, 0.29) is 0 Å². The van der Waals surface area contributed by atoms with Crippen LogP contribution in [0, 0.1) is 0 Å². The third-order valence-electron chi connectivity index (χ3n) is 3.90. The fraction of sp³-hybridized carbons (Fsp3) is 0.211. The van der Waals surface area contributed by atoms with Crippen LogP contribution in [0.15, 0.2) is 54.1 Å². The van der Waals surface area contributed by atoms with Gasteiger partial charge in [-0.2, -0.15) is 0 Å². The van der Waals surface area contributed by atoms with E-state index in [1.807, 2.05) is 24.3 Å². The second-order valence-electron chi connectivity index (χ2n) is 5.67. The Balaban J connectivity index is 0.000000209. The number of benzene rings is 2. The lowest BCUT2D eigenvalue weighted by molar-refractivity contribution is -0.105. The molecule has 4 nitrogen and oxygen atoms in total. The van der Waals surface area contributed by atoms with Gasteiger partial charge in [-0.05, 0) is 59.3 Å². The van der Waals surface area contributed by atoms with Crippen LogP contribution in [-0.4, -0.2) is 36.7 Å². The quantitative estimate of drug-likeness (QED) is 0.622. The monoisotopic (exact) mass is 392 g/mol. The molecule has 136 valence electrons. The zero-order valence-electron chi connectivity index (χ0n) is 14.1. The molecule has 2 aromatic rings. The molecule has 26 heavy (non-hydrogen) atoms. The average Bonchev–Trinajstić information content (AvgIpc) is 2.89. The summed E-state index contributed by atoms with van der Waals surface area (Å²) in [5, 5.41) is 18.6. The molecule has 0 amide bonds. The maximum Gasteiger partial charge on any atom is 0.488 e. The molecule has 0 saturated heterocycles. The minimum Gasteiger partial charge on any atom is -0.423 e. The lowest BCUT2D eigenvalue weighted by Gasteiger charge is -2.07. The summed E-state index contributed by atoms with van der Waals surface area (Å²) in [6.45, 7) is 1.31. The first-order valence-corrected chi connectivity index (χ1v) is 8.89. The van der Waals surface area contributed by atoms with Gasteiger partial charge in [-0.15, -0.1) is 0 Å². The van der Waals surface area contributed by atoms with Crippen molar-refractivity contribution in [2.75, 3.05) is 13.2 Å². The third-order valence-corrected chi connectivity index (χ3v) is 4.41. The van der Waals surface area contributed by atoms with Gasteiger partial charge in [-0.25, -0.2) is 0 Å². The molecule has 7 heteroatoms. The van der Waals surface area contributed by atoms with Gasteiger partial charge in [0, 0.05) is 10.0 Å². The number of carbonyl (C=O) groups excluding carboxylic acids is 1. The van der Waals surface area contributed by atoms with Crippen molar-refractivity contribution in [2.24, 2.45) is 0 Å². The molecule has 0 bridgehead atoms. The van der Waals surface area contributed by atoms with Gasteiger partial charge in [0.2, 0.25) is 0 Å². The van der Waals surface area contributed by atoms with Crippen molar-refractivity contribution in [3.63, 3.8) is 0 Å². The van der Waals surface area contributed by atoms with E-state index in [1.54, 1.807) is 24.3 Å². The van der Waals surface area contributed by atoms with Crippen LogP contribution in [0.25, 0.3) is 5.57 Å². The maximum atomic E-state index is 11.0. The number of aldehydes is 1. The van der Waals surface area contributed by atoms with Gasteiger partial charge >= 0.3 is 7.12 Å². The van der Waals surface area contributed by atoms with Gasteiger partial charge in [-0.3, -0.25) is 4.79 Å². The molecule has 0 fully saturated rings. The fourth-order valence-corrected chi connectivity index (χ4v) is 2.77. The Labute approximate surface area is 163 Å². The fourth-order valence-electron chi connectivity index (χ4n) is 2.52. The molecule has 0 unspecified atom stereocenters. The highest BCUT2D eigenvalue weighted by molar-refractivity contribution is 6.58. The number of hydrogen-bond acceptors (Lipinski definition) is 4. The molecule has 0 radical (unpaired) electrons. The second-order valence-corrected chi connectivity index (χ2v) is 6.54. The smallest absolute Gasteiger partial charge is 0.423 e. The second kappa shape index (κ2) is 10.5. The van der Waals surface area contributed by atoms with Crippen molar-refractivity contribution in [3.05, 3.63) is 69.7 Å². The molecular weight excluding hydrogens is 374 g/mol. The molecule has 2 N–H and O–H groups in total. The first-order chi connectivity index (χ1) is 12.5. The van der Waals surface area contributed by atoms with Crippen LogP contribution < -0.4 is 5.46 Å². The maximum absolute atomic E-state index is 11.0. The number of ether oxygens (including phenoxy) is 1.